The number of nitrogens with one attached hydrogen (secondary N) is 1. The molecule has 2 aromatic rings. The van der Waals surface area contributed by atoms with Crippen LogP contribution in [0.1, 0.15) is 17.5 Å². The normalized spacial score (nSPS) is 14.3. The fraction of sp³-hybridized carbons (Fsp3) is 0.381. The average Bonchev–Trinajstić information content (AvgIpc) is 2.68. The SMILES string of the molecule is O=C(CCc1ccc(N2CCOCC2)cc1)NCCc1cccc(Cl)c1. The number of hydrogen-bond acceptors (Lipinski definition) is 3. The molecule has 1 N–H and O–H groups in total. The predicted molar refractivity (Wildman–Crippen MR) is 106 cm³/mol. The number of ether oxygens (including phenoxy) is 1. The van der Waals surface area contributed by atoms with Crippen molar-refractivity contribution in [2.24, 2.45) is 0 Å². The maximum atomic E-state index is 12.0. The Bertz CT molecular complexity index is 712. The first-order chi connectivity index (χ1) is 12.7. The van der Waals surface area contributed by atoms with E-state index in [1.54, 1.807) is 0 Å². The van der Waals surface area contributed by atoms with E-state index in [-0.39, 0.29) is 5.91 Å². The molecular weight excluding hydrogens is 348 g/mol. The second-order valence-corrected chi connectivity index (χ2v) is 6.93. The molecule has 1 aliphatic rings. The van der Waals surface area contributed by atoms with E-state index in [4.69, 9.17) is 16.3 Å². The van der Waals surface area contributed by atoms with E-state index in [2.05, 4.69) is 34.5 Å². The first kappa shape index (κ1) is 18.7. The number of hydrogen-bond donors (Lipinski definition) is 1. The van der Waals surface area contributed by atoms with Gasteiger partial charge < -0.3 is 15.0 Å². The summed E-state index contributed by atoms with van der Waals surface area (Å²) >= 11 is 5.97. The Hall–Kier alpha value is -2.04. The summed E-state index contributed by atoms with van der Waals surface area (Å²) < 4.78 is 5.38. The molecule has 5 heteroatoms. The lowest BCUT2D eigenvalue weighted by molar-refractivity contribution is -0.121. The summed E-state index contributed by atoms with van der Waals surface area (Å²) in [5, 5.41) is 3.71. The molecule has 0 radical (unpaired) electrons. The van der Waals surface area contributed by atoms with Gasteiger partial charge in [0.25, 0.3) is 0 Å². The number of rotatable bonds is 7. The van der Waals surface area contributed by atoms with Crippen molar-refractivity contribution in [3.63, 3.8) is 0 Å². The zero-order valence-corrected chi connectivity index (χ0v) is 15.7. The van der Waals surface area contributed by atoms with Gasteiger partial charge in [0.15, 0.2) is 0 Å². The maximum Gasteiger partial charge on any atom is 0.220 e. The van der Waals surface area contributed by atoms with Crippen LogP contribution in [0.5, 0.6) is 0 Å². The van der Waals surface area contributed by atoms with E-state index in [1.165, 1.54) is 11.3 Å². The lowest BCUT2D eigenvalue weighted by Gasteiger charge is -2.28. The fourth-order valence-electron chi connectivity index (χ4n) is 3.08. The third-order valence-corrected chi connectivity index (χ3v) is 4.81. The van der Waals surface area contributed by atoms with Gasteiger partial charge in [0, 0.05) is 36.8 Å². The van der Waals surface area contributed by atoms with Crippen LogP contribution in [0.3, 0.4) is 0 Å². The van der Waals surface area contributed by atoms with E-state index in [9.17, 15) is 4.79 Å². The van der Waals surface area contributed by atoms with Crippen LogP contribution in [0.2, 0.25) is 5.02 Å². The Morgan fingerprint density at radius 2 is 1.81 bits per heavy atom. The minimum absolute atomic E-state index is 0.0873. The first-order valence-corrected chi connectivity index (χ1v) is 9.51. The molecule has 2 aromatic carbocycles. The molecule has 0 bridgehead atoms. The highest BCUT2D eigenvalue weighted by Gasteiger charge is 2.11. The number of aryl methyl sites for hydroxylation is 1. The lowest BCUT2D eigenvalue weighted by atomic mass is 10.1. The number of carbonyl (C=O) groups is 1. The number of nitrogens with zero attached hydrogens (tertiary/aromatic N) is 1. The van der Waals surface area contributed by atoms with Crippen LogP contribution in [0.25, 0.3) is 0 Å². The minimum Gasteiger partial charge on any atom is -0.378 e. The number of amides is 1. The zero-order valence-electron chi connectivity index (χ0n) is 14.9. The third kappa shape index (κ3) is 5.75. The van der Waals surface area contributed by atoms with Gasteiger partial charge in [0.2, 0.25) is 5.91 Å². The monoisotopic (exact) mass is 372 g/mol. The van der Waals surface area contributed by atoms with Crippen LogP contribution in [-0.4, -0.2) is 38.8 Å². The molecule has 1 aliphatic heterocycles. The number of carbonyl (C=O) groups excluding carboxylic acids is 1. The number of anilines is 1. The second kappa shape index (κ2) is 9.60. The molecule has 0 saturated carbocycles. The molecule has 3 rings (SSSR count). The van der Waals surface area contributed by atoms with Gasteiger partial charge in [-0.2, -0.15) is 0 Å². The third-order valence-electron chi connectivity index (χ3n) is 4.58. The van der Waals surface area contributed by atoms with E-state index in [1.807, 2.05) is 24.3 Å². The summed E-state index contributed by atoms with van der Waals surface area (Å²) in [4.78, 5) is 14.4. The molecule has 0 spiro atoms. The maximum absolute atomic E-state index is 12.0. The molecule has 1 heterocycles. The van der Waals surface area contributed by atoms with Crippen molar-refractivity contribution in [2.75, 3.05) is 37.7 Å². The summed E-state index contributed by atoms with van der Waals surface area (Å²) in [6.07, 6.45) is 2.05. The van der Waals surface area contributed by atoms with Crippen LogP contribution in [0.4, 0.5) is 5.69 Å². The molecule has 0 unspecified atom stereocenters. The van der Waals surface area contributed by atoms with Crippen molar-refractivity contribution < 1.29 is 9.53 Å². The van der Waals surface area contributed by atoms with Crippen molar-refractivity contribution in [1.82, 2.24) is 5.32 Å². The van der Waals surface area contributed by atoms with Gasteiger partial charge in [-0.1, -0.05) is 35.9 Å². The quantitative estimate of drug-likeness (QED) is 0.809. The van der Waals surface area contributed by atoms with Gasteiger partial charge in [-0.05, 0) is 48.2 Å². The topological polar surface area (TPSA) is 41.6 Å². The predicted octanol–water partition coefficient (Wildman–Crippen LogP) is 3.47. The average molecular weight is 373 g/mol. The van der Waals surface area contributed by atoms with Gasteiger partial charge in [-0.15, -0.1) is 0 Å². The van der Waals surface area contributed by atoms with E-state index in [0.29, 0.717) is 13.0 Å². The van der Waals surface area contributed by atoms with Crippen LogP contribution in [0.15, 0.2) is 48.5 Å². The van der Waals surface area contributed by atoms with Gasteiger partial charge >= 0.3 is 0 Å². The Labute approximate surface area is 160 Å². The second-order valence-electron chi connectivity index (χ2n) is 6.50. The van der Waals surface area contributed by atoms with Crippen molar-refractivity contribution in [2.45, 2.75) is 19.3 Å². The van der Waals surface area contributed by atoms with Crippen molar-refractivity contribution in [3.05, 3.63) is 64.7 Å². The Balaban J connectivity index is 1.38. The summed E-state index contributed by atoms with van der Waals surface area (Å²) in [7, 11) is 0. The standard InChI is InChI=1S/C21H25ClN2O2/c22-19-3-1-2-18(16-19)10-11-23-21(25)9-6-17-4-7-20(8-5-17)24-12-14-26-15-13-24/h1-5,7-8,16H,6,9-15H2,(H,23,25). The molecule has 138 valence electrons. The molecular formula is C21H25ClN2O2. The van der Waals surface area contributed by atoms with E-state index < -0.39 is 0 Å². The van der Waals surface area contributed by atoms with Crippen LogP contribution in [0, 0.1) is 0 Å². The number of halogens is 1. The van der Waals surface area contributed by atoms with Crippen molar-refractivity contribution in [1.29, 1.82) is 0 Å². The molecule has 1 amide bonds. The highest BCUT2D eigenvalue weighted by atomic mass is 35.5. The lowest BCUT2D eigenvalue weighted by Crippen LogP contribution is -2.36. The van der Waals surface area contributed by atoms with Crippen molar-refractivity contribution >= 4 is 23.2 Å². The Kier molecular flexibility index (Phi) is 6.92. The summed E-state index contributed by atoms with van der Waals surface area (Å²) in [5.74, 6) is 0.0873. The van der Waals surface area contributed by atoms with Gasteiger partial charge in [0.1, 0.15) is 0 Å². The van der Waals surface area contributed by atoms with Gasteiger partial charge in [-0.3, -0.25) is 4.79 Å². The molecule has 1 fully saturated rings. The van der Waals surface area contributed by atoms with Crippen molar-refractivity contribution in [3.8, 4) is 0 Å². The highest BCUT2D eigenvalue weighted by Crippen LogP contribution is 2.17. The van der Waals surface area contributed by atoms with Gasteiger partial charge in [-0.25, -0.2) is 0 Å². The Morgan fingerprint density at radius 3 is 2.54 bits per heavy atom. The smallest absolute Gasteiger partial charge is 0.220 e. The largest absolute Gasteiger partial charge is 0.378 e. The van der Waals surface area contributed by atoms with Crippen LogP contribution in [-0.2, 0) is 22.4 Å². The van der Waals surface area contributed by atoms with Gasteiger partial charge in [0.05, 0.1) is 13.2 Å². The first-order valence-electron chi connectivity index (χ1n) is 9.13. The molecule has 0 atom stereocenters. The highest BCUT2D eigenvalue weighted by molar-refractivity contribution is 6.30. The van der Waals surface area contributed by atoms with E-state index in [0.717, 1.165) is 49.7 Å². The summed E-state index contributed by atoms with van der Waals surface area (Å²) in [6, 6.07) is 16.2. The van der Waals surface area contributed by atoms with Crippen LogP contribution < -0.4 is 10.2 Å². The minimum atomic E-state index is 0.0873. The molecule has 26 heavy (non-hydrogen) atoms. The molecule has 1 saturated heterocycles. The molecule has 0 aliphatic carbocycles. The fourth-order valence-corrected chi connectivity index (χ4v) is 3.29. The zero-order chi connectivity index (χ0) is 18.2. The number of benzene rings is 2. The molecule has 4 nitrogen and oxygen atoms in total. The summed E-state index contributed by atoms with van der Waals surface area (Å²) in [5.41, 5.74) is 3.55. The Morgan fingerprint density at radius 1 is 1.04 bits per heavy atom. The number of morpholine rings is 1. The summed E-state index contributed by atoms with van der Waals surface area (Å²) in [6.45, 7) is 4.09. The van der Waals surface area contributed by atoms with E-state index >= 15 is 0 Å². The van der Waals surface area contributed by atoms with Crippen LogP contribution >= 0.6 is 11.6 Å². The molecule has 0 aromatic heterocycles.